The summed E-state index contributed by atoms with van der Waals surface area (Å²) in [5.41, 5.74) is 1.05. The molecule has 1 unspecified atom stereocenters. The number of hydrogen-bond acceptors (Lipinski definition) is 5. The van der Waals surface area contributed by atoms with Crippen LogP contribution in [0.4, 0.5) is 0 Å². The number of amides is 2. The number of para-hydroxylation sites is 1. The van der Waals surface area contributed by atoms with E-state index in [-0.39, 0.29) is 18.4 Å². The molecule has 29 heavy (non-hydrogen) atoms. The van der Waals surface area contributed by atoms with Gasteiger partial charge in [-0.2, -0.15) is 5.10 Å². The number of aromatic nitrogens is 3. The summed E-state index contributed by atoms with van der Waals surface area (Å²) >= 11 is 1.75. The van der Waals surface area contributed by atoms with Gasteiger partial charge >= 0.3 is 0 Å². The molecule has 1 atom stereocenters. The van der Waals surface area contributed by atoms with Gasteiger partial charge in [0.1, 0.15) is 6.04 Å². The number of carbonyl (C=O) groups excluding carboxylic acids is 2. The van der Waals surface area contributed by atoms with Crippen LogP contribution in [0.5, 0.6) is 0 Å². The van der Waals surface area contributed by atoms with Crippen molar-refractivity contribution in [1.82, 2.24) is 24.6 Å². The number of carbonyl (C=O) groups is 2. The van der Waals surface area contributed by atoms with Crippen molar-refractivity contribution in [3.63, 3.8) is 0 Å². The van der Waals surface area contributed by atoms with Gasteiger partial charge in [0.25, 0.3) is 0 Å². The second-order valence-electron chi connectivity index (χ2n) is 7.53. The lowest BCUT2D eigenvalue weighted by atomic mass is 9.97. The Morgan fingerprint density at radius 3 is 2.69 bits per heavy atom. The molecule has 0 radical (unpaired) electrons. The van der Waals surface area contributed by atoms with Crippen molar-refractivity contribution < 1.29 is 9.59 Å². The lowest BCUT2D eigenvalue weighted by Gasteiger charge is -2.32. The van der Waals surface area contributed by atoms with Crippen molar-refractivity contribution in [2.24, 2.45) is 0 Å². The van der Waals surface area contributed by atoms with Gasteiger partial charge in [-0.3, -0.25) is 14.3 Å². The van der Waals surface area contributed by atoms with Crippen LogP contribution in [0, 0.1) is 0 Å². The molecule has 1 aliphatic rings. The first-order valence-electron chi connectivity index (χ1n) is 9.90. The zero-order valence-corrected chi connectivity index (χ0v) is 17.5. The number of rotatable bonds is 5. The van der Waals surface area contributed by atoms with Crippen LogP contribution in [0.25, 0.3) is 10.2 Å². The van der Waals surface area contributed by atoms with Gasteiger partial charge in [-0.15, -0.1) is 11.3 Å². The number of likely N-dealkylation sites (N-methyl/N-ethyl adjacent to an activating group) is 1. The highest BCUT2D eigenvalue weighted by Crippen LogP contribution is 2.33. The molecular weight excluding hydrogens is 386 g/mol. The predicted octanol–water partition coefficient (Wildman–Crippen LogP) is 2.92. The number of benzene rings is 1. The van der Waals surface area contributed by atoms with Gasteiger partial charge in [-0.1, -0.05) is 12.1 Å². The molecule has 0 spiro atoms. The summed E-state index contributed by atoms with van der Waals surface area (Å²) < 4.78 is 2.82. The topological polar surface area (TPSA) is 71.3 Å². The standard InChI is InChI=1S/C21H25N5O2S/c1-15(26-11-5-10-22-26)21(28)24(2)14-19(27)25-12-8-16(9-13-25)20-23-17-6-3-4-7-18(17)29-20/h3-7,10-11,15-16H,8-9,12-14H2,1-2H3. The smallest absolute Gasteiger partial charge is 0.247 e. The Labute approximate surface area is 173 Å². The molecule has 152 valence electrons. The third kappa shape index (κ3) is 4.17. The molecule has 0 saturated carbocycles. The van der Waals surface area contributed by atoms with E-state index in [0.717, 1.165) is 18.4 Å². The van der Waals surface area contributed by atoms with E-state index >= 15 is 0 Å². The molecular formula is C21H25N5O2S. The van der Waals surface area contributed by atoms with Crippen molar-refractivity contribution in [1.29, 1.82) is 0 Å². The summed E-state index contributed by atoms with van der Waals surface area (Å²) in [5, 5.41) is 5.28. The molecule has 2 aromatic heterocycles. The Hall–Kier alpha value is -2.74. The van der Waals surface area contributed by atoms with E-state index in [0.29, 0.717) is 19.0 Å². The molecule has 1 aliphatic heterocycles. The van der Waals surface area contributed by atoms with Crippen LogP contribution in [0.1, 0.15) is 36.7 Å². The van der Waals surface area contributed by atoms with Gasteiger partial charge < -0.3 is 9.80 Å². The molecule has 0 N–H and O–H groups in total. The summed E-state index contributed by atoms with van der Waals surface area (Å²) in [6.45, 7) is 3.29. The highest BCUT2D eigenvalue weighted by Gasteiger charge is 2.28. The normalized spacial score (nSPS) is 16.1. The minimum atomic E-state index is -0.424. The molecule has 7 nitrogen and oxygen atoms in total. The fraction of sp³-hybridized carbons (Fsp3) is 0.429. The van der Waals surface area contributed by atoms with E-state index in [4.69, 9.17) is 4.98 Å². The summed E-state index contributed by atoms with van der Waals surface area (Å²) in [6.07, 6.45) is 5.22. The second kappa shape index (κ2) is 8.32. The maximum atomic E-state index is 12.7. The molecule has 4 rings (SSSR count). The van der Waals surface area contributed by atoms with E-state index < -0.39 is 6.04 Å². The fourth-order valence-electron chi connectivity index (χ4n) is 3.76. The van der Waals surface area contributed by atoms with Crippen LogP contribution >= 0.6 is 11.3 Å². The van der Waals surface area contributed by atoms with E-state index in [2.05, 4.69) is 11.2 Å². The van der Waals surface area contributed by atoms with Crippen LogP contribution < -0.4 is 0 Å². The van der Waals surface area contributed by atoms with Gasteiger partial charge in [-0.05, 0) is 38.0 Å². The molecule has 1 fully saturated rings. The van der Waals surface area contributed by atoms with Gasteiger partial charge in [0, 0.05) is 38.4 Å². The van der Waals surface area contributed by atoms with Crippen LogP contribution in [0.3, 0.4) is 0 Å². The van der Waals surface area contributed by atoms with E-state index in [1.807, 2.05) is 23.1 Å². The minimum absolute atomic E-state index is 0.00346. The average molecular weight is 412 g/mol. The molecule has 2 amide bonds. The number of hydrogen-bond donors (Lipinski definition) is 0. The fourth-order valence-corrected chi connectivity index (χ4v) is 4.90. The molecule has 0 aliphatic carbocycles. The Morgan fingerprint density at radius 2 is 2.00 bits per heavy atom. The number of thiazole rings is 1. The van der Waals surface area contributed by atoms with Crippen molar-refractivity contribution >= 4 is 33.4 Å². The lowest BCUT2D eigenvalue weighted by molar-refractivity contribution is -0.141. The van der Waals surface area contributed by atoms with Gasteiger partial charge in [-0.25, -0.2) is 4.98 Å². The maximum Gasteiger partial charge on any atom is 0.247 e. The second-order valence-corrected chi connectivity index (χ2v) is 8.59. The lowest BCUT2D eigenvalue weighted by Crippen LogP contribution is -2.45. The Kier molecular flexibility index (Phi) is 5.62. The third-order valence-electron chi connectivity index (χ3n) is 5.54. The minimum Gasteiger partial charge on any atom is -0.341 e. The number of fused-ring (bicyclic) bond motifs is 1. The Bertz CT molecular complexity index is 959. The Balaban J connectivity index is 1.31. The molecule has 0 bridgehead atoms. The highest BCUT2D eigenvalue weighted by atomic mass is 32.1. The molecule has 1 aromatic carbocycles. The summed E-state index contributed by atoms with van der Waals surface area (Å²) in [5.74, 6) is 0.276. The van der Waals surface area contributed by atoms with E-state index in [1.54, 1.807) is 48.5 Å². The van der Waals surface area contributed by atoms with Crippen LogP contribution in [-0.4, -0.2) is 63.1 Å². The van der Waals surface area contributed by atoms with E-state index in [9.17, 15) is 9.59 Å². The van der Waals surface area contributed by atoms with Crippen molar-refractivity contribution in [2.45, 2.75) is 31.7 Å². The van der Waals surface area contributed by atoms with Gasteiger partial charge in [0.05, 0.1) is 21.8 Å². The third-order valence-corrected chi connectivity index (χ3v) is 6.73. The Morgan fingerprint density at radius 1 is 1.24 bits per heavy atom. The summed E-state index contributed by atoms with van der Waals surface area (Å²) in [6, 6.07) is 9.56. The number of likely N-dealkylation sites (tertiary alicyclic amines) is 1. The van der Waals surface area contributed by atoms with Crippen LogP contribution in [0.2, 0.25) is 0 Å². The first-order valence-corrected chi connectivity index (χ1v) is 10.7. The average Bonchev–Trinajstić information content (AvgIpc) is 3.42. The first-order chi connectivity index (χ1) is 14.0. The molecule has 8 heteroatoms. The van der Waals surface area contributed by atoms with Crippen LogP contribution in [0.15, 0.2) is 42.7 Å². The van der Waals surface area contributed by atoms with Crippen molar-refractivity contribution in [2.75, 3.05) is 26.7 Å². The summed E-state index contributed by atoms with van der Waals surface area (Å²) in [7, 11) is 1.67. The first kappa shape index (κ1) is 19.6. The molecule has 1 saturated heterocycles. The van der Waals surface area contributed by atoms with Gasteiger partial charge in [0.15, 0.2) is 0 Å². The number of nitrogens with zero attached hydrogens (tertiary/aromatic N) is 5. The molecule has 3 heterocycles. The van der Waals surface area contributed by atoms with Crippen molar-refractivity contribution in [3.05, 3.63) is 47.7 Å². The zero-order valence-electron chi connectivity index (χ0n) is 16.7. The SMILES string of the molecule is CC(C(=O)N(C)CC(=O)N1CCC(c2nc3ccccc3s2)CC1)n1cccn1. The largest absolute Gasteiger partial charge is 0.341 e. The monoisotopic (exact) mass is 411 g/mol. The summed E-state index contributed by atoms with van der Waals surface area (Å²) in [4.78, 5) is 33.4. The van der Waals surface area contributed by atoms with Crippen LogP contribution in [-0.2, 0) is 9.59 Å². The van der Waals surface area contributed by atoms with Gasteiger partial charge in [0.2, 0.25) is 11.8 Å². The maximum absolute atomic E-state index is 12.7. The quantitative estimate of drug-likeness (QED) is 0.647. The zero-order chi connectivity index (χ0) is 20.4. The van der Waals surface area contributed by atoms with Crippen molar-refractivity contribution in [3.8, 4) is 0 Å². The predicted molar refractivity (Wildman–Crippen MR) is 113 cm³/mol. The molecule has 3 aromatic rings. The van der Waals surface area contributed by atoms with E-state index in [1.165, 1.54) is 14.6 Å². The number of piperidine rings is 1. The highest BCUT2D eigenvalue weighted by molar-refractivity contribution is 7.18.